The molecule has 0 spiro atoms. The Morgan fingerprint density at radius 2 is 1.93 bits per heavy atom. The summed E-state index contributed by atoms with van der Waals surface area (Å²) in [5, 5.41) is 3.24. The molecule has 9 heteroatoms. The highest BCUT2D eigenvalue weighted by Crippen LogP contribution is 2.43. The molecular formula is C31H32N2O7. The number of esters is 1. The summed E-state index contributed by atoms with van der Waals surface area (Å²) in [6, 6.07) is 11.1. The second-order valence-corrected chi connectivity index (χ2v) is 12.0. The Hall–Kier alpha value is -4.14. The molecule has 1 saturated heterocycles. The van der Waals surface area contributed by atoms with Crippen molar-refractivity contribution >= 4 is 34.7 Å². The molecule has 0 bridgehead atoms. The smallest absolute Gasteiger partial charge is 0.306 e. The molecule has 0 radical (unpaired) electrons. The van der Waals surface area contributed by atoms with E-state index in [9.17, 15) is 19.2 Å². The van der Waals surface area contributed by atoms with Gasteiger partial charge in [-0.25, -0.2) is 0 Å². The van der Waals surface area contributed by atoms with Gasteiger partial charge in [0.25, 0.3) is 5.91 Å². The summed E-state index contributed by atoms with van der Waals surface area (Å²) in [6.07, 6.45) is 1.84. The van der Waals surface area contributed by atoms with Gasteiger partial charge in [-0.3, -0.25) is 24.5 Å². The predicted octanol–water partition coefficient (Wildman–Crippen LogP) is 4.14. The van der Waals surface area contributed by atoms with Gasteiger partial charge in [0.05, 0.1) is 20.0 Å². The summed E-state index contributed by atoms with van der Waals surface area (Å²) in [5.74, 6) is -0.400. The number of nitrogens with zero attached hydrogens (tertiary/aromatic N) is 1. The van der Waals surface area contributed by atoms with E-state index in [1.54, 1.807) is 24.1 Å². The number of fused-ring (bicyclic) bond motifs is 3. The topological polar surface area (TPSA) is 115 Å². The number of amides is 3. The summed E-state index contributed by atoms with van der Waals surface area (Å²) in [4.78, 5) is 53.3. The second-order valence-electron chi connectivity index (χ2n) is 12.0. The first-order valence-electron chi connectivity index (χ1n) is 13.5. The van der Waals surface area contributed by atoms with E-state index in [-0.39, 0.29) is 37.2 Å². The van der Waals surface area contributed by atoms with Crippen molar-refractivity contribution in [2.75, 3.05) is 13.7 Å². The largest absolute Gasteiger partial charge is 0.497 e. The Bertz CT molecular complexity index is 1580. The van der Waals surface area contributed by atoms with Crippen molar-refractivity contribution < 1.29 is 33.1 Å². The van der Waals surface area contributed by atoms with Gasteiger partial charge in [-0.15, -0.1) is 0 Å². The number of nitrogens with one attached hydrogen (secondary N) is 1. The molecule has 2 aliphatic heterocycles. The number of carbonyl (C=O) groups excluding carboxylic acids is 4. The maximum Gasteiger partial charge on any atom is 0.306 e. The molecule has 1 aromatic heterocycles. The van der Waals surface area contributed by atoms with Crippen LogP contribution in [0.5, 0.6) is 5.75 Å². The van der Waals surface area contributed by atoms with Crippen molar-refractivity contribution in [1.29, 1.82) is 0 Å². The maximum atomic E-state index is 13.3. The van der Waals surface area contributed by atoms with Gasteiger partial charge in [0.15, 0.2) is 0 Å². The zero-order valence-corrected chi connectivity index (χ0v) is 23.1. The van der Waals surface area contributed by atoms with Crippen LogP contribution in [0.1, 0.15) is 78.8 Å². The third kappa shape index (κ3) is 4.43. The van der Waals surface area contributed by atoms with Gasteiger partial charge < -0.3 is 18.8 Å². The van der Waals surface area contributed by atoms with Crippen molar-refractivity contribution in [3.8, 4) is 5.75 Å². The predicted molar refractivity (Wildman–Crippen MR) is 145 cm³/mol. The lowest BCUT2D eigenvalue weighted by molar-refractivity contribution is -0.155. The number of ether oxygens (including phenoxy) is 2. The van der Waals surface area contributed by atoms with Gasteiger partial charge in [0.2, 0.25) is 11.8 Å². The summed E-state index contributed by atoms with van der Waals surface area (Å²) in [5.41, 5.74) is 2.22. The number of benzene rings is 2. The van der Waals surface area contributed by atoms with Gasteiger partial charge in [0.1, 0.15) is 28.1 Å². The fraction of sp³-hybridized carbons (Fsp3) is 0.419. The SMILES string of the molecule is COc1ccc2c(c1)C(=O)N(C[C@@]1(c3cc4cc5c(cc4o3)[C@@H](CC(=O)OC(C)(C)C)CC5)CC(=O)NC1=O)C2. The highest BCUT2D eigenvalue weighted by atomic mass is 16.6. The molecule has 3 amide bonds. The van der Waals surface area contributed by atoms with E-state index in [0.717, 1.165) is 34.9 Å². The monoisotopic (exact) mass is 544 g/mol. The molecule has 3 aromatic rings. The number of hydrogen-bond acceptors (Lipinski definition) is 7. The summed E-state index contributed by atoms with van der Waals surface area (Å²) in [7, 11) is 1.54. The average Bonchev–Trinajstić information content (AvgIpc) is 3.62. The Morgan fingerprint density at radius 1 is 1.12 bits per heavy atom. The first-order chi connectivity index (χ1) is 19.0. The van der Waals surface area contributed by atoms with Crippen molar-refractivity contribution in [3.63, 3.8) is 0 Å². The quantitative estimate of drug-likeness (QED) is 0.366. The summed E-state index contributed by atoms with van der Waals surface area (Å²) >= 11 is 0. The van der Waals surface area contributed by atoms with Crippen molar-refractivity contribution in [1.82, 2.24) is 10.2 Å². The van der Waals surface area contributed by atoms with Crippen molar-refractivity contribution in [2.45, 2.75) is 69.9 Å². The van der Waals surface area contributed by atoms with E-state index in [2.05, 4.69) is 5.32 Å². The number of aryl methyl sites for hydroxylation is 1. The van der Waals surface area contributed by atoms with Crippen LogP contribution >= 0.6 is 0 Å². The Kier molecular flexibility index (Phi) is 6.01. The lowest BCUT2D eigenvalue weighted by Crippen LogP contribution is -2.46. The fourth-order valence-corrected chi connectivity index (χ4v) is 6.23. The molecule has 0 unspecified atom stereocenters. The van der Waals surface area contributed by atoms with Crippen LogP contribution in [-0.2, 0) is 37.5 Å². The van der Waals surface area contributed by atoms with Crippen LogP contribution < -0.4 is 10.1 Å². The van der Waals surface area contributed by atoms with Crippen LogP contribution in [0.3, 0.4) is 0 Å². The zero-order chi connectivity index (χ0) is 28.4. The Balaban J connectivity index is 1.32. The van der Waals surface area contributed by atoms with E-state index < -0.39 is 22.8 Å². The number of carbonyl (C=O) groups is 4. The minimum Gasteiger partial charge on any atom is -0.497 e. The lowest BCUT2D eigenvalue weighted by atomic mass is 9.82. The van der Waals surface area contributed by atoms with Gasteiger partial charge in [-0.2, -0.15) is 0 Å². The Morgan fingerprint density at radius 3 is 2.62 bits per heavy atom. The molecule has 40 heavy (non-hydrogen) atoms. The van der Waals surface area contributed by atoms with Gasteiger partial charge in [-0.1, -0.05) is 6.07 Å². The van der Waals surface area contributed by atoms with Crippen LogP contribution in [0.4, 0.5) is 0 Å². The van der Waals surface area contributed by atoms with Gasteiger partial charge >= 0.3 is 5.97 Å². The third-order valence-electron chi connectivity index (χ3n) is 8.09. The molecule has 1 fully saturated rings. The van der Waals surface area contributed by atoms with Crippen LogP contribution in [0.25, 0.3) is 11.0 Å². The lowest BCUT2D eigenvalue weighted by Gasteiger charge is -2.28. The highest BCUT2D eigenvalue weighted by molar-refractivity contribution is 6.10. The molecule has 2 aromatic carbocycles. The van der Waals surface area contributed by atoms with E-state index in [0.29, 0.717) is 29.2 Å². The van der Waals surface area contributed by atoms with Crippen LogP contribution in [0.15, 0.2) is 40.8 Å². The highest BCUT2D eigenvalue weighted by Gasteiger charge is 2.53. The van der Waals surface area contributed by atoms with Crippen LogP contribution in [-0.4, -0.2) is 47.8 Å². The molecule has 6 rings (SSSR count). The van der Waals surface area contributed by atoms with E-state index in [4.69, 9.17) is 13.9 Å². The first kappa shape index (κ1) is 26.1. The summed E-state index contributed by atoms with van der Waals surface area (Å²) in [6.45, 7) is 5.88. The van der Waals surface area contributed by atoms with Crippen molar-refractivity contribution in [3.05, 3.63) is 64.4 Å². The van der Waals surface area contributed by atoms with E-state index in [1.807, 2.05) is 45.0 Å². The van der Waals surface area contributed by atoms with Crippen LogP contribution in [0.2, 0.25) is 0 Å². The molecule has 1 aliphatic carbocycles. The molecule has 9 nitrogen and oxygen atoms in total. The molecular weight excluding hydrogens is 512 g/mol. The maximum absolute atomic E-state index is 13.3. The van der Waals surface area contributed by atoms with E-state index in [1.165, 1.54) is 0 Å². The zero-order valence-electron chi connectivity index (χ0n) is 23.1. The number of rotatable bonds is 6. The molecule has 3 aliphatic rings. The normalized spacial score (nSPS) is 22.1. The standard InChI is InChI=1S/C31H32N2O7/c1-30(2,3)40-27(35)11-18-6-5-17-9-20-10-25(39-24(20)13-22(17)18)31(14-26(34)32-29(31)37)16-33-15-19-7-8-21(38-4)12-23(19)28(33)36/h7-10,12-13,18H,5-6,11,14-16H2,1-4H3,(H,32,34,37)/t18-,31-/m1/s1. The molecule has 3 heterocycles. The molecule has 1 N–H and O–H groups in total. The Labute approximate surface area is 231 Å². The molecule has 208 valence electrons. The summed E-state index contributed by atoms with van der Waals surface area (Å²) < 4.78 is 17.1. The molecule has 2 atom stereocenters. The van der Waals surface area contributed by atoms with Crippen LogP contribution in [0, 0.1) is 0 Å². The number of methoxy groups -OCH3 is 1. The van der Waals surface area contributed by atoms with Gasteiger partial charge in [-0.05, 0) is 86.6 Å². The minimum atomic E-state index is -1.35. The first-order valence-corrected chi connectivity index (χ1v) is 13.5. The van der Waals surface area contributed by atoms with Gasteiger partial charge in [0, 0.05) is 24.0 Å². The second kappa shape index (κ2) is 9.21. The number of imide groups is 1. The third-order valence-corrected chi connectivity index (χ3v) is 8.09. The minimum absolute atomic E-state index is 0.00120. The van der Waals surface area contributed by atoms with E-state index >= 15 is 0 Å². The number of hydrogen-bond donors (Lipinski definition) is 1. The average molecular weight is 545 g/mol. The fourth-order valence-electron chi connectivity index (χ4n) is 6.23. The van der Waals surface area contributed by atoms with Crippen molar-refractivity contribution in [2.24, 2.45) is 0 Å². The molecule has 0 saturated carbocycles. The number of furan rings is 1.